The Morgan fingerprint density at radius 2 is 1.61 bits per heavy atom. The summed E-state index contributed by atoms with van der Waals surface area (Å²) in [6.45, 7) is 2.10. The van der Waals surface area contributed by atoms with Crippen molar-refractivity contribution < 1.29 is 0 Å². The van der Waals surface area contributed by atoms with E-state index >= 15 is 0 Å². The highest BCUT2D eigenvalue weighted by molar-refractivity contribution is 6.30. The van der Waals surface area contributed by atoms with Gasteiger partial charge < -0.3 is 10.6 Å². The van der Waals surface area contributed by atoms with E-state index in [-0.39, 0.29) is 6.04 Å². The molecule has 0 bridgehead atoms. The fourth-order valence-electron chi connectivity index (χ4n) is 2.23. The Bertz CT molecular complexity index is 759. The Labute approximate surface area is 140 Å². The van der Waals surface area contributed by atoms with Crippen molar-refractivity contribution in [1.29, 1.82) is 0 Å². The molecule has 0 amide bonds. The highest BCUT2D eigenvalue weighted by Crippen LogP contribution is 2.21. The molecular weight excluding hydrogens is 308 g/mol. The monoisotopic (exact) mass is 324 g/mol. The summed E-state index contributed by atoms with van der Waals surface area (Å²) >= 11 is 5.89. The van der Waals surface area contributed by atoms with Gasteiger partial charge in [-0.05, 0) is 36.8 Å². The van der Waals surface area contributed by atoms with Gasteiger partial charge in [0.2, 0.25) is 0 Å². The van der Waals surface area contributed by atoms with Crippen molar-refractivity contribution in [1.82, 2.24) is 9.97 Å². The van der Waals surface area contributed by atoms with Gasteiger partial charge in [-0.15, -0.1) is 0 Å². The predicted molar refractivity (Wildman–Crippen MR) is 95.2 cm³/mol. The van der Waals surface area contributed by atoms with Gasteiger partial charge in [0.05, 0.1) is 0 Å². The van der Waals surface area contributed by atoms with E-state index in [0.29, 0.717) is 5.02 Å². The second-order valence-corrected chi connectivity index (χ2v) is 5.63. The van der Waals surface area contributed by atoms with Gasteiger partial charge in [-0.1, -0.05) is 41.9 Å². The molecule has 1 unspecified atom stereocenters. The lowest BCUT2D eigenvalue weighted by atomic mass is 10.1. The van der Waals surface area contributed by atoms with Crippen LogP contribution in [0.15, 0.2) is 67.0 Å². The second kappa shape index (κ2) is 7.11. The first-order chi connectivity index (χ1) is 11.2. The van der Waals surface area contributed by atoms with Gasteiger partial charge in [-0.2, -0.15) is 0 Å². The predicted octanol–water partition coefficient (Wildman–Crippen LogP) is 5.05. The van der Waals surface area contributed by atoms with Gasteiger partial charge in [-0.3, -0.25) is 0 Å². The Balaban J connectivity index is 1.71. The molecule has 116 valence electrons. The van der Waals surface area contributed by atoms with Crippen molar-refractivity contribution in [2.75, 3.05) is 10.6 Å². The number of rotatable bonds is 5. The maximum Gasteiger partial charge on any atom is 0.135 e. The van der Waals surface area contributed by atoms with Crippen molar-refractivity contribution in [2.24, 2.45) is 0 Å². The molecule has 3 aromatic rings. The van der Waals surface area contributed by atoms with Crippen LogP contribution in [0.25, 0.3) is 0 Å². The number of hydrogen-bond donors (Lipinski definition) is 2. The maximum absolute atomic E-state index is 5.89. The number of anilines is 3. The highest BCUT2D eigenvalue weighted by Gasteiger charge is 2.06. The molecule has 0 fully saturated rings. The van der Waals surface area contributed by atoms with Crippen LogP contribution in [0.5, 0.6) is 0 Å². The Hall–Kier alpha value is -2.59. The second-order valence-electron chi connectivity index (χ2n) is 5.20. The average molecular weight is 325 g/mol. The van der Waals surface area contributed by atoms with E-state index in [1.165, 1.54) is 11.9 Å². The van der Waals surface area contributed by atoms with E-state index < -0.39 is 0 Å². The van der Waals surface area contributed by atoms with E-state index in [9.17, 15) is 0 Å². The molecule has 4 nitrogen and oxygen atoms in total. The first kappa shape index (κ1) is 15.3. The van der Waals surface area contributed by atoms with Crippen LogP contribution < -0.4 is 10.6 Å². The fourth-order valence-corrected chi connectivity index (χ4v) is 2.36. The van der Waals surface area contributed by atoms with Crippen molar-refractivity contribution in [2.45, 2.75) is 13.0 Å². The summed E-state index contributed by atoms with van der Waals surface area (Å²) in [6, 6.07) is 19.8. The van der Waals surface area contributed by atoms with Crippen LogP contribution in [0, 0.1) is 0 Å². The summed E-state index contributed by atoms with van der Waals surface area (Å²) in [5.74, 6) is 1.50. The SMILES string of the molecule is CC(Nc1cc(Nc2ccc(Cl)cc2)ncn1)c1ccccc1. The number of halogens is 1. The quantitative estimate of drug-likeness (QED) is 0.689. The number of nitrogens with zero attached hydrogens (tertiary/aromatic N) is 2. The third kappa shape index (κ3) is 4.20. The minimum Gasteiger partial charge on any atom is -0.363 e. The van der Waals surface area contributed by atoms with Crippen LogP contribution in [0.2, 0.25) is 5.02 Å². The summed E-state index contributed by atoms with van der Waals surface area (Å²) < 4.78 is 0. The van der Waals surface area contributed by atoms with Gasteiger partial charge in [0.1, 0.15) is 18.0 Å². The van der Waals surface area contributed by atoms with E-state index in [0.717, 1.165) is 17.3 Å². The lowest BCUT2D eigenvalue weighted by Gasteiger charge is -2.15. The molecule has 1 atom stereocenters. The fraction of sp³-hybridized carbons (Fsp3) is 0.111. The summed E-state index contributed by atoms with van der Waals surface area (Å²) in [4.78, 5) is 8.52. The number of aromatic nitrogens is 2. The molecule has 0 saturated carbocycles. The largest absolute Gasteiger partial charge is 0.363 e. The van der Waals surface area contributed by atoms with E-state index in [1.807, 2.05) is 48.5 Å². The molecule has 2 N–H and O–H groups in total. The number of nitrogens with one attached hydrogen (secondary N) is 2. The molecule has 3 rings (SSSR count). The van der Waals surface area contributed by atoms with E-state index in [4.69, 9.17) is 11.6 Å². The first-order valence-electron chi connectivity index (χ1n) is 7.37. The molecule has 0 radical (unpaired) electrons. The standard InChI is InChI=1S/C18H17ClN4/c1-13(14-5-3-2-4-6-14)22-17-11-18(21-12-20-17)23-16-9-7-15(19)8-10-16/h2-13H,1H3,(H2,20,21,22,23). The van der Waals surface area contributed by atoms with Crippen LogP contribution in [-0.2, 0) is 0 Å². The minimum atomic E-state index is 0.162. The van der Waals surface area contributed by atoms with E-state index in [1.54, 1.807) is 0 Å². The topological polar surface area (TPSA) is 49.8 Å². The normalized spacial score (nSPS) is 11.7. The average Bonchev–Trinajstić information content (AvgIpc) is 2.58. The number of benzene rings is 2. The van der Waals surface area contributed by atoms with Gasteiger partial charge in [0, 0.05) is 22.8 Å². The van der Waals surface area contributed by atoms with Crippen LogP contribution in [-0.4, -0.2) is 9.97 Å². The summed E-state index contributed by atoms with van der Waals surface area (Å²) in [7, 11) is 0. The van der Waals surface area contributed by atoms with Crippen molar-refractivity contribution in [3.05, 3.63) is 77.6 Å². The molecule has 23 heavy (non-hydrogen) atoms. The lowest BCUT2D eigenvalue weighted by molar-refractivity contribution is 0.872. The summed E-state index contributed by atoms with van der Waals surface area (Å²) in [6.07, 6.45) is 1.54. The van der Waals surface area contributed by atoms with Crippen LogP contribution >= 0.6 is 11.6 Å². The van der Waals surface area contributed by atoms with Crippen LogP contribution in [0.4, 0.5) is 17.3 Å². The van der Waals surface area contributed by atoms with Crippen molar-refractivity contribution in [3.63, 3.8) is 0 Å². The molecule has 0 aliphatic heterocycles. The lowest BCUT2D eigenvalue weighted by Crippen LogP contribution is -2.08. The Morgan fingerprint density at radius 3 is 2.35 bits per heavy atom. The molecule has 0 aliphatic rings. The molecular formula is C18H17ClN4. The first-order valence-corrected chi connectivity index (χ1v) is 7.74. The number of hydrogen-bond acceptors (Lipinski definition) is 4. The molecule has 0 spiro atoms. The molecule has 1 aromatic heterocycles. The zero-order valence-corrected chi connectivity index (χ0v) is 13.5. The van der Waals surface area contributed by atoms with Gasteiger partial charge >= 0.3 is 0 Å². The highest BCUT2D eigenvalue weighted by atomic mass is 35.5. The van der Waals surface area contributed by atoms with Crippen LogP contribution in [0.1, 0.15) is 18.5 Å². The Kier molecular flexibility index (Phi) is 4.74. The smallest absolute Gasteiger partial charge is 0.135 e. The maximum atomic E-state index is 5.89. The van der Waals surface area contributed by atoms with Gasteiger partial charge in [0.25, 0.3) is 0 Å². The molecule has 5 heteroatoms. The summed E-state index contributed by atoms with van der Waals surface area (Å²) in [5.41, 5.74) is 2.13. The van der Waals surface area contributed by atoms with Crippen molar-refractivity contribution >= 4 is 28.9 Å². The van der Waals surface area contributed by atoms with Gasteiger partial charge in [-0.25, -0.2) is 9.97 Å². The van der Waals surface area contributed by atoms with Gasteiger partial charge in [0.15, 0.2) is 0 Å². The summed E-state index contributed by atoms with van der Waals surface area (Å²) in [5, 5.41) is 7.32. The minimum absolute atomic E-state index is 0.162. The van der Waals surface area contributed by atoms with Crippen LogP contribution in [0.3, 0.4) is 0 Å². The zero-order chi connectivity index (χ0) is 16.1. The molecule has 0 aliphatic carbocycles. The molecule has 2 aromatic carbocycles. The molecule has 0 saturated heterocycles. The van der Waals surface area contributed by atoms with Crippen molar-refractivity contribution in [3.8, 4) is 0 Å². The third-order valence-electron chi connectivity index (χ3n) is 3.45. The third-order valence-corrected chi connectivity index (χ3v) is 3.70. The van der Waals surface area contributed by atoms with E-state index in [2.05, 4.69) is 39.7 Å². The Morgan fingerprint density at radius 1 is 0.913 bits per heavy atom. The zero-order valence-electron chi connectivity index (χ0n) is 12.7. The molecule has 1 heterocycles.